The summed E-state index contributed by atoms with van der Waals surface area (Å²) in [6.07, 6.45) is 6.34. The van der Waals surface area contributed by atoms with Crippen LogP contribution in [-0.4, -0.2) is 38.5 Å². The zero-order valence-corrected chi connectivity index (χ0v) is 12.5. The zero-order valence-electron chi connectivity index (χ0n) is 12.5. The lowest BCUT2D eigenvalue weighted by Gasteiger charge is -2.21. The largest absolute Gasteiger partial charge is 0.379 e. The molecule has 0 bridgehead atoms. The summed E-state index contributed by atoms with van der Waals surface area (Å²) >= 11 is 0. The first kappa shape index (κ1) is 15.9. The predicted octanol–water partition coefficient (Wildman–Crippen LogP) is 2.99. The molecule has 3 nitrogen and oxygen atoms in total. The average molecular weight is 257 g/mol. The molecule has 0 radical (unpaired) electrons. The Morgan fingerprint density at radius 3 is 2.22 bits per heavy atom. The van der Waals surface area contributed by atoms with Gasteiger partial charge in [-0.3, -0.25) is 0 Å². The maximum atomic E-state index is 5.56. The Labute approximate surface area is 113 Å². The van der Waals surface area contributed by atoms with Crippen LogP contribution >= 0.6 is 0 Å². The Morgan fingerprint density at radius 1 is 1.00 bits per heavy atom. The van der Waals surface area contributed by atoms with Gasteiger partial charge in [0.2, 0.25) is 0 Å². The van der Waals surface area contributed by atoms with Crippen molar-refractivity contribution in [3.05, 3.63) is 0 Å². The molecule has 1 fully saturated rings. The van der Waals surface area contributed by atoms with Crippen LogP contribution in [0.1, 0.15) is 52.9 Å². The van der Waals surface area contributed by atoms with E-state index in [9.17, 15) is 0 Å². The Hall–Kier alpha value is -0.120. The quantitative estimate of drug-likeness (QED) is 0.545. The SMILES string of the molecule is CCCCCOCCOCCNC1(C(C)C)CC1. The molecular weight excluding hydrogens is 226 g/mol. The third-order valence-corrected chi connectivity index (χ3v) is 3.88. The minimum atomic E-state index is 0.431. The number of rotatable bonds is 12. The minimum absolute atomic E-state index is 0.431. The summed E-state index contributed by atoms with van der Waals surface area (Å²) in [5.74, 6) is 0.736. The van der Waals surface area contributed by atoms with Crippen LogP contribution in [0.15, 0.2) is 0 Å². The number of nitrogens with one attached hydrogen (secondary N) is 1. The van der Waals surface area contributed by atoms with Crippen molar-refractivity contribution in [3.63, 3.8) is 0 Å². The van der Waals surface area contributed by atoms with E-state index in [1.807, 2.05) is 0 Å². The van der Waals surface area contributed by atoms with Crippen LogP contribution in [0.3, 0.4) is 0 Å². The molecule has 0 unspecified atom stereocenters. The maximum Gasteiger partial charge on any atom is 0.0701 e. The normalized spacial score (nSPS) is 17.3. The molecule has 0 aromatic carbocycles. The summed E-state index contributed by atoms with van der Waals surface area (Å²) in [5.41, 5.74) is 0.431. The van der Waals surface area contributed by atoms with Crippen LogP contribution in [0.2, 0.25) is 0 Å². The monoisotopic (exact) mass is 257 g/mol. The second kappa shape index (κ2) is 8.89. The smallest absolute Gasteiger partial charge is 0.0701 e. The summed E-state index contributed by atoms with van der Waals surface area (Å²) in [7, 11) is 0. The van der Waals surface area contributed by atoms with Crippen molar-refractivity contribution in [1.29, 1.82) is 0 Å². The van der Waals surface area contributed by atoms with E-state index < -0.39 is 0 Å². The fourth-order valence-electron chi connectivity index (χ4n) is 2.24. The number of ether oxygens (including phenoxy) is 2. The van der Waals surface area contributed by atoms with Crippen LogP contribution in [0.4, 0.5) is 0 Å². The Balaban J connectivity index is 1.79. The molecular formula is C15H31NO2. The fourth-order valence-corrected chi connectivity index (χ4v) is 2.24. The molecule has 0 heterocycles. The van der Waals surface area contributed by atoms with Crippen LogP contribution in [0.5, 0.6) is 0 Å². The van der Waals surface area contributed by atoms with E-state index in [0.717, 1.165) is 38.9 Å². The van der Waals surface area contributed by atoms with Gasteiger partial charge in [-0.05, 0) is 25.2 Å². The molecule has 1 aliphatic rings. The summed E-state index contributed by atoms with van der Waals surface area (Å²) in [6.45, 7) is 10.9. The van der Waals surface area contributed by atoms with Crippen LogP contribution < -0.4 is 5.32 Å². The van der Waals surface area contributed by atoms with Crippen molar-refractivity contribution in [3.8, 4) is 0 Å². The zero-order chi connectivity index (χ0) is 13.3. The van der Waals surface area contributed by atoms with Gasteiger partial charge >= 0.3 is 0 Å². The lowest BCUT2D eigenvalue weighted by atomic mass is 10.0. The van der Waals surface area contributed by atoms with Crippen molar-refractivity contribution in [2.24, 2.45) is 5.92 Å². The Bertz CT molecular complexity index is 203. The second-order valence-electron chi connectivity index (χ2n) is 5.67. The van der Waals surface area contributed by atoms with Crippen LogP contribution in [0, 0.1) is 5.92 Å². The summed E-state index contributed by atoms with van der Waals surface area (Å²) in [5, 5.41) is 3.62. The van der Waals surface area contributed by atoms with Gasteiger partial charge in [-0.2, -0.15) is 0 Å². The molecule has 0 aromatic rings. The molecule has 18 heavy (non-hydrogen) atoms. The van der Waals surface area contributed by atoms with Crippen LogP contribution in [-0.2, 0) is 9.47 Å². The molecule has 108 valence electrons. The molecule has 0 amide bonds. The Kier molecular flexibility index (Phi) is 7.87. The molecule has 1 rings (SSSR count). The second-order valence-corrected chi connectivity index (χ2v) is 5.67. The summed E-state index contributed by atoms with van der Waals surface area (Å²) < 4.78 is 11.0. The van der Waals surface area contributed by atoms with Gasteiger partial charge < -0.3 is 14.8 Å². The molecule has 0 aromatic heterocycles. The average Bonchev–Trinajstić information content (AvgIpc) is 3.13. The summed E-state index contributed by atoms with van der Waals surface area (Å²) in [6, 6.07) is 0. The van der Waals surface area contributed by atoms with Gasteiger partial charge in [-0.1, -0.05) is 33.6 Å². The van der Waals surface area contributed by atoms with Crippen molar-refractivity contribution < 1.29 is 9.47 Å². The van der Waals surface area contributed by atoms with E-state index in [2.05, 4.69) is 26.1 Å². The van der Waals surface area contributed by atoms with Crippen molar-refractivity contribution >= 4 is 0 Å². The minimum Gasteiger partial charge on any atom is -0.379 e. The molecule has 1 saturated carbocycles. The maximum absolute atomic E-state index is 5.56. The highest BCUT2D eigenvalue weighted by molar-refractivity contribution is 5.03. The highest BCUT2D eigenvalue weighted by atomic mass is 16.5. The first-order valence-corrected chi connectivity index (χ1v) is 7.62. The first-order valence-electron chi connectivity index (χ1n) is 7.62. The van der Waals surface area contributed by atoms with Gasteiger partial charge in [0.25, 0.3) is 0 Å². The van der Waals surface area contributed by atoms with E-state index in [-0.39, 0.29) is 0 Å². The molecule has 1 aliphatic carbocycles. The number of hydrogen-bond donors (Lipinski definition) is 1. The van der Waals surface area contributed by atoms with Crippen molar-refractivity contribution in [2.75, 3.05) is 33.0 Å². The molecule has 3 heteroatoms. The molecule has 0 atom stereocenters. The third kappa shape index (κ3) is 6.17. The van der Waals surface area contributed by atoms with E-state index >= 15 is 0 Å². The third-order valence-electron chi connectivity index (χ3n) is 3.88. The lowest BCUT2D eigenvalue weighted by Crippen LogP contribution is -2.38. The molecule has 1 N–H and O–H groups in total. The van der Waals surface area contributed by atoms with Gasteiger partial charge in [-0.15, -0.1) is 0 Å². The van der Waals surface area contributed by atoms with E-state index in [0.29, 0.717) is 5.54 Å². The number of hydrogen-bond acceptors (Lipinski definition) is 3. The topological polar surface area (TPSA) is 30.5 Å². The van der Waals surface area contributed by atoms with Gasteiger partial charge in [0.1, 0.15) is 0 Å². The van der Waals surface area contributed by atoms with Gasteiger partial charge in [0, 0.05) is 18.7 Å². The highest BCUT2D eigenvalue weighted by Gasteiger charge is 2.44. The van der Waals surface area contributed by atoms with Gasteiger partial charge in [0.15, 0.2) is 0 Å². The van der Waals surface area contributed by atoms with Crippen molar-refractivity contribution in [2.45, 2.75) is 58.4 Å². The molecule has 0 aliphatic heterocycles. The predicted molar refractivity (Wildman–Crippen MR) is 76.0 cm³/mol. The van der Waals surface area contributed by atoms with Crippen LogP contribution in [0.25, 0.3) is 0 Å². The van der Waals surface area contributed by atoms with Crippen molar-refractivity contribution in [1.82, 2.24) is 5.32 Å². The lowest BCUT2D eigenvalue weighted by molar-refractivity contribution is 0.0461. The highest BCUT2D eigenvalue weighted by Crippen LogP contribution is 2.41. The first-order chi connectivity index (χ1) is 8.71. The van der Waals surface area contributed by atoms with E-state index in [1.54, 1.807) is 0 Å². The fraction of sp³-hybridized carbons (Fsp3) is 1.00. The van der Waals surface area contributed by atoms with E-state index in [1.165, 1.54) is 32.1 Å². The Morgan fingerprint density at radius 2 is 1.67 bits per heavy atom. The summed E-state index contributed by atoms with van der Waals surface area (Å²) in [4.78, 5) is 0. The standard InChI is InChI=1S/C15H31NO2/c1-4-5-6-10-17-12-13-18-11-9-16-15(7-8-15)14(2)3/h14,16H,4-13H2,1-3H3. The van der Waals surface area contributed by atoms with E-state index in [4.69, 9.17) is 9.47 Å². The number of unbranched alkanes of at least 4 members (excludes halogenated alkanes) is 2. The van der Waals surface area contributed by atoms with Gasteiger partial charge in [0.05, 0.1) is 19.8 Å². The molecule has 0 saturated heterocycles. The molecule has 0 spiro atoms. The van der Waals surface area contributed by atoms with Gasteiger partial charge in [-0.25, -0.2) is 0 Å².